The number of halogens is 4. The quantitative estimate of drug-likeness (QED) is 0.494. The molecule has 0 unspecified atom stereocenters. The molecule has 0 nitrogen and oxygen atoms in total. The molecule has 46 valence electrons. The third kappa shape index (κ3) is 2.02. The van der Waals surface area contributed by atoms with Gasteiger partial charge in [0.05, 0.1) is 0 Å². The van der Waals surface area contributed by atoms with Crippen molar-refractivity contribution in [3.63, 3.8) is 0 Å². The Morgan fingerprint density at radius 1 is 1.25 bits per heavy atom. The van der Waals surface area contributed by atoms with E-state index in [2.05, 4.69) is 18.2 Å². The molecule has 0 N–H and O–H groups in total. The zero-order valence-electron chi connectivity index (χ0n) is 3.72. The van der Waals surface area contributed by atoms with E-state index in [0.29, 0.717) is 0 Å². The van der Waals surface area contributed by atoms with E-state index in [1.165, 1.54) is 0 Å². The topological polar surface area (TPSA) is 0 Å². The van der Waals surface area contributed by atoms with E-state index in [-0.39, 0.29) is 0 Å². The summed E-state index contributed by atoms with van der Waals surface area (Å²) in [5.74, 6) is -1.31. The average molecular weight is 143 g/mol. The van der Waals surface area contributed by atoms with Gasteiger partial charge in [-0.05, 0) is 0 Å². The minimum absolute atomic E-state index is 1.20. The lowest BCUT2D eigenvalue weighted by Crippen LogP contribution is -1.70. The van der Waals surface area contributed by atoms with Crippen LogP contribution in [0.4, 0.5) is 13.2 Å². The summed E-state index contributed by atoms with van der Waals surface area (Å²) < 4.78 is 33.7. The van der Waals surface area contributed by atoms with Gasteiger partial charge in [0.2, 0.25) is 0 Å². The Morgan fingerprint density at radius 3 is 1.62 bits per heavy atom. The molecule has 0 heterocycles. The third-order valence-corrected chi connectivity index (χ3v) is 0.752. The second-order valence-corrected chi connectivity index (χ2v) is 1.36. The maximum atomic E-state index is 11.5. The standard InChI is InChI=1S/C4H2ClF3/c1-2(6)3(5)4(7)8/h1H2. The molecule has 0 spiro atoms. The summed E-state index contributed by atoms with van der Waals surface area (Å²) in [4.78, 5) is 0. The molecule has 0 atom stereocenters. The Balaban J connectivity index is 4.23. The molecular weight excluding hydrogens is 140 g/mol. The molecule has 0 aliphatic carbocycles. The first-order chi connectivity index (χ1) is 3.55. The van der Waals surface area contributed by atoms with Crippen molar-refractivity contribution >= 4 is 11.6 Å². The first kappa shape index (κ1) is 7.56. The Morgan fingerprint density at radius 2 is 1.62 bits per heavy atom. The zero-order valence-corrected chi connectivity index (χ0v) is 4.47. The first-order valence-electron chi connectivity index (χ1n) is 1.61. The van der Waals surface area contributed by atoms with Gasteiger partial charge < -0.3 is 0 Å². The van der Waals surface area contributed by atoms with Gasteiger partial charge in [0, 0.05) is 0 Å². The molecular formula is C4H2ClF3. The summed E-state index contributed by atoms with van der Waals surface area (Å²) >= 11 is 4.61. The fraction of sp³-hybridized carbons (Fsp3) is 0. The molecule has 0 radical (unpaired) electrons. The molecule has 8 heavy (non-hydrogen) atoms. The number of hydrogen-bond donors (Lipinski definition) is 0. The van der Waals surface area contributed by atoms with E-state index in [4.69, 9.17) is 0 Å². The van der Waals surface area contributed by atoms with E-state index >= 15 is 0 Å². The molecule has 0 rings (SSSR count). The highest BCUT2D eigenvalue weighted by Gasteiger charge is 2.04. The molecule has 0 saturated carbocycles. The van der Waals surface area contributed by atoms with Crippen LogP contribution in [-0.2, 0) is 0 Å². The van der Waals surface area contributed by atoms with Crippen molar-refractivity contribution in [3.05, 3.63) is 23.5 Å². The fourth-order valence-electron chi connectivity index (χ4n) is 0.103. The van der Waals surface area contributed by atoms with Gasteiger partial charge >= 0.3 is 0 Å². The van der Waals surface area contributed by atoms with Gasteiger partial charge in [-0.2, -0.15) is 8.78 Å². The van der Waals surface area contributed by atoms with Gasteiger partial charge in [0.25, 0.3) is 6.08 Å². The van der Waals surface area contributed by atoms with Crippen LogP contribution >= 0.6 is 11.6 Å². The van der Waals surface area contributed by atoms with Crippen LogP contribution in [0, 0.1) is 0 Å². The van der Waals surface area contributed by atoms with Crippen LogP contribution in [0.3, 0.4) is 0 Å². The zero-order chi connectivity index (χ0) is 6.73. The molecule has 0 saturated heterocycles. The van der Waals surface area contributed by atoms with E-state index in [0.717, 1.165) is 0 Å². The van der Waals surface area contributed by atoms with Gasteiger partial charge in [0.15, 0.2) is 0 Å². The molecule has 0 aliphatic rings. The van der Waals surface area contributed by atoms with Crippen molar-refractivity contribution in [2.45, 2.75) is 0 Å². The van der Waals surface area contributed by atoms with Crippen LogP contribution in [0.2, 0.25) is 0 Å². The number of allylic oxidation sites excluding steroid dienone is 2. The van der Waals surface area contributed by atoms with Gasteiger partial charge in [-0.3, -0.25) is 0 Å². The average Bonchev–Trinajstić information content (AvgIpc) is 1.64. The second-order valence-electron chi connectivity index (χ2n) is 0.979. The highest BCUT2D eigenvalue weighted by atomic mass is 35.5. The first-order valence-corrected chi connectivity index (χ1v) is 1.99. The summed E-state index contributed by atoms with van der Waals surface area (Å²) in [5, 5.41) is -1.20. The molecule has 0 fully saturated rings. The van der Waals surface area contributed by atoms with Crippen LogP contribution in [0.1, 0.15) is 0 Å². The van der Waals surface area contributed by atoms with Gasteiger partial charge in [0.1, 0.15) is 10.9 Å². The summed E-state index contributed by atoms with van der Waals surface area (Å²) in [6.45, 7) is 2.54. The fourth-order valence-corrected chi connectivity index (χ4v) is 0.103. The van der Waals surface area contributed by atoms with E-state index in [9.17, 15) is 13.2 Å². The van der Waals surface area contributed by atoms with Crippen LogP contribution in [0.5, 0.6) is 0 Å². The Labute approximate surface area is 49.3 Å². The maximum Gasteiger partial charge on any atom is 0.291 e. The van der Waals surface area contributed by atoms with Crippen molar-refractivity contribution in [2.75, 3.05) is 0 Å². The highest BCUT2D eigenvalue weighted by molar-refractivity contribution is 6.31. The van der Waals surface area contributed by atoms with Crippen LogP contribution in [-0.4, -0.2) is 0 Å². The van der Waals surface area contributed by atoms with Crippen LogP contribution < -0.4 is 0 Å². The molecule has 0 aliphatic heterocycles. The second kappa shape index (κ2) is 2.77. The lowest BCUT2D eigenvalue weighted by molar-refractivity contribution is 0.414. The van der Waals surface area contributed by atoms with E-state index in [1.807, 2.05) is 0 Å². The van der Waals surface area contributed by atoms with Crippen molar-refractivity contribution in [3.8, 4) is 0 Å². The smallest absolute Gasteiger partial charge is 0.206 e. The predicted octanol–water partition coefficient (Wildman–Crippen LogP) is 2.82. The predicted molar refractivity (Wildman–Crippen MR) is 25.3 cm³/mol. The highest BCUT2D eigenvalue weighted by Crippen LogP contribution is 2.19. The summed E-state index contributed by atoms with van der Waals surface area (Å²) in [7, 11) is 0. The van der Waals surface area contributed by atoms with Crippen molar-refractivity contribution in [1.82, 2.24) is 0 Å². The molecule has 0 amide bonds. The lowest BCUT2D eigenvalue weighted by atomic mass is 10.6. The van der Waals surface area contributed by atoms with Crippen molar-refractivity contribution in [1.29, 1.82) is 0 Å². The Hall–Kier alpha value is -0.440. The molecule has 0 bridgehead atoms. The Kier molecular flexibility index (Phi) is 2.62. The molecule has 0 aromatic rings. The van der Waals surface area contributed by atoms with Crippen LogP contribution in [0.15, 0.2) is 23.5 Å². The molecule has 0 aromatic heterocycles. The van der Waals surface area contributed by atoms with Gasteiger partial charge in [-0.15, -0.1) is 0 Å². The number of hydrogen-bond acceptors (Lipinski definition) is 0. The molecule has 4 heteroatoms. The summed E-state index contributed by atoms with van der Waals surface area (Å²) in [6.07, 6.45) is -2.25. The van der Waals surface area contributed by atoms with Crippen LogP contribution in [0.25, 0.3) is 0 Å². The summed E-state index contributed by atoms with van der Waals surface area (Å²) in [5.41, 5.74) is 0. The monoisotopic (exact) mass is 142 g/mol. The SMILES string of the molecule is C=C(F)C(Cl)=C(F)F. The largest absolute Gasteiger partial charge is 0.291 e. The number of rotatable bonds is 1. The third-order valence-electron chi connectivity index (χ3n) is 0.404. The minimum Gasteiger partial charge on any atom is -0.206 e. The van der Waals surface area contributed by atoms with Gasteiger partial charge in [-0.25, -0.2) is 4.39 Å². The van der Waals surface area contributed by atoms with E-state index < -0.39 is 16.9 Å². The maximum absolute atomic E-state index is 11.5. The van der Waals surface area contributed by atoms with Gasteiger partial charge in [-0.1, -0.05) is 18.2 Å². The van der Waals surface area contributed by atoms with Crippen molar-refractivity contribution < 1.29 is 13.2 Å². The van der Waals surface area contributed by atoms with E-state index in [1.54, 1.807) is 0 Å². The molecule has 0 aromatic carbocycles. The lowest BCUT2D eigenvalue weighted by Gasteiger charge is -1.85. The van der Waals surface area contributed by atoms with Crippen molar-refractivity contribution in [2.24, 2.45) is 0 Å². The Bertz CT molecular complexity index is 134. The minimum atomic E-state index is -2.25. The summed E-state index contributed by atoms with van der Waals surface area (Å²) in [6, 6.07) is 0. The normalized spacial score (nSPS) is 8.50.